The van der Waals surface area contributed by atoms with Gasteiger partial charge in [-0.15, -0.1) is 5.10 Å². The van der Waals surface area contributed by atoms with Crippen LogP contribution >= 0.6 is 0 Å². The Morgan fingerprint density at radius 3 is 2.68 bits per heavy atom. The Morgan fingerprint density at radius 1 is 1.15 bits per heavy atom. The number of benzene rings is 2. The maximum atomic E-state index is 13.5. The molecule has 0 bridgehead atoms. The zero-order chi connectivity index (χ0) is 23.5. The summed E-state index contributed by atoms with van der Waals surface area (Å²) in [5, 5.41) is 13.9. The molecule has 0 aliphatic heterocycles. The minimum atomic E-state index is -0.379. The number of methoxy groups -OCH3 is 1. The van der Waals surface area contributed by atoms with Crippen LogP contribution in [-0.4, -0.2) is 43.7 Å². The van der Waals surface area contributed by atoms with E-state index in [-0.39, 0.29) is 17.6 Å². The molecule has 2 heterocycles. The van der Waals surface area contributed by atoms with Crippen molar-refractivity contribution in [2.75, 3.05) is 13.7 Å². The molecule has 8 nitrogen and oxygen atoms in total. The summed E-state index contributed by atoms with van der Waals surface area (Å²) in [4.78, 5) is 18.8. The van der Waals surface area contributed by atoms with Crippen LogP contribution in [0.1, 0.15) is 61.6 Å². The summed E-state index contributed by atoms with van der Waals surface area (Å²) >= 11 is 0. The number of fused-ring (bicyclic) bond motifs is 1. The number of pyridine rings is 1. The smallest absolute Gasteiger partial charge is 0.253 e. The molecule has 0 spiro atoms. The number of hydrogen-bond donors (Lipinski definition) is 1. The number of nitrogens with zero attached hydrogens (tertiary/aromatic N) is 5. The van der Waals surface area contributed by atoms with Gasteiger partial charge in [-0.05, 0) is 59.0 Å². The van der Waals surface area contributed by atoms with Gasteiger partial charge in [0.25, 0.3) is 5.56 Å². The summed E-state index contributed by atoms with van der Waals surface area (Å²) in [5.74, 6) is 1.43. The third-order valence-corrected chi connectivity index (χ3v) is 6.81. The van der Waals surface area contributed by atoms with E-state index in [1.165, 1.54) is 18.4 Å². The van der Waals surface area contributed by atoms with Crippen LogP contribution in [0.15, 0.2) is 59.4 Å². The fraction of sp³-hybridized carbons (Fsp3) is 0.385. The minimum Gasteiger partial charge on any atom is -0.497 e. The first-order valence-electron chi connectivity index (χ1n) is 11.9. The molecule has 8 heteroatoms. The molecular formula is C26H30N6O2. The van der Waals surface area contributed by atoms with E-state index in [9.17, 15) is 4.79 Å². The van der Waals surface area contributed by atoms with Crippen molar-refractivity contribution in [2.24, 2.45) is 0 Å². The summed E-state index contributed by atoms with van der Waals surface area (Å²) in [6, 6.07) is 17.9. The van der Waals surface area contributed by atoms with Crippen molar-refractivity contribution in [1.29, 1.82) is 0 Å². The highest BCUT2D eigenvalue weighted by atomic mass is 16.5. The molecule has 1 aliphatic carbocycles. The van der Waals surface area contributed by atoms with Gasteiger partial charge >= 0.3 is 0 Å². The number of ether oxygens (including phenoxy) is 1. The van der Waals surface area contributed by atoms with Gasteiger partial charge < -0.3 is 9.72 Å². The van der Waals surface area contributed by atoms with Crippen LogP contribution in [0.3, 0.4) is 0 Å². The molecule has 1 atom stereocenters. The van der Waals surface area contributed by atoms with Crippen molar-refractivity contribution in [1.82, 2.24) is 30.1 Å². The first-order valence-corrected chi connectivity index (χ1v) is 11.9. The number of rotatable bonds is 8. The maximum absolute atomic E-state index is 13.5. The van der Waals surface area contributed by atoms with Crippen molar-refractivity contribution in [3.63, 3.8) is 0 Å². The van der Waals surface area contributed by atoms with Crippen molar-refractivity contribution >= 4 is 10.9 Å². The standard InChI is InChI=1S/C26H30N6O2/c1-3-31(17-18-9-5-4-6-10-18)24(25-28-29-30-32(25)20-11-7-8-12-20)22-15-19-13-14-21(34-2)16-23(19)27-26(22)33/h4-6,9-10,13-16,20,24H,3,7-8,11-12,17H2,1-2H3,(H,27,33)/t24-/m0/s1. The molecule has 1 aliphatic rings. The van der Waals surface area contributed by atoms with Crippen molar-refractivity contribution in [2.45, 2.75) is 51.2 Å². The van der Waals surface area contributed by atoms with Crippen molar-refractivity contribution in [3.8, 4) is 5.75 Å². The second kappa shape index (κ2) is 9.77. The number of aromatic nitrogens is 5. The highest BCUT2D eigenvalue weighted by Gasteiger charge is 2.32. The second-order valence-electron chi connectivity index (χ2n) is 8.88. The van der Waals surface area contributed by atoms with Gasteiger partial charge in [-0.25, -0.2) is 4.68 Å². The van der Waals surface area contributed by atoms with Crippen LogP contribution in [-0.2, 0) is 6.54 Å². The molecule has 0 amide bonds. The molecule has 0 unspecified atom stereocenters. The van der Waals surface area contributed by atoms with Crippen LogP contribution in [0.4, 0.5) is 0 Å². The zero-order valence-corrected chi connectivity index (χ0v) is 19.6. The molecule has 1 N–H and O–H groups in total. The average Bonchev–Trinajstić information content (AvgIpc) is 3.56. The van der Waals surface area contributed by atoms with E-state index in [1.807, 2.05) is 47.1 Å². The topological polar surface area (TPSA) is 88.9 Å². The highest BCUT2D eigenvalue weighted by Crippen LogP contribution is 2.34. The number of aromatic amines is 1. The highest BCUT2D eigenvalue weighted by molar-refractivity contribution is 5.80. The normalized spacial score (nSPS) is 15.3. The van der Waals surface area contributed by atoms with Gasteiger partial charge in [-0.1, -0.05) is 50.1 Å². The van der Waals surface area contributed by atoms with Gasteiger partial charge in [-0.3, -0.25) is 9.69 Å². The number of nitrogens with one attached hydrogen (secondary N) is 1. The summed E-state index contributed by atoms with van der Waals surface area (Å²) in [7, 11) is 1.62. The first-order chi connectivity index (χ1) is 16.7. The Kier molecular flexibility index (Phi) is 6.40. The average molecular weight is 459 g/mol. The predicted octanol–water partition coefficient (Wildman–Crippen LogP) is 4.25. The Balaban J connectivity index is 1.64. The maximum Gasteiger partial charge on any atom is 0.253 e. The monoisotopic (exact) mass is 458 g/mol. The number of tetrazole rings is 1. The summed E-state index contributed by atoms with van der Waals surface area (Å²) < 4.78 is 7.29. The number of H-pyrrole nitrogens is 1. The van der Waals surface area contributed by atoms with E-state index in [0.717, 1.165) is 36.1 Å². The van der Waals surface area contributed by atoms with Gasteiger partial charge in [-0.2, -0.15) is 0 Å². The van der Waals surface area contributed by atoms with Crippen LogP contribution in [0.25, 0.3) is 10.9 Å². The lowest BCUT2D eigenvalue weighted by atomic mass is 10.0. The van der Waals surface area contributed by atoms with Gasteiger partial charge in [0.1, 0.15) is 11.8 Å². The molecule has 0 saturated heterocycles. The summed E-state index contributed by atoms with van der Waals surface area (Å²) in [6.07, 6.45) is 4.47. The van der Waals surface area contributed by atoms with Crippen LogP contribution in [0.2, 0.25) is 0 Å². The molecule has 1 saturated carbocycles. The lowest BCUT2D eigenvalue weighted by molar-refractivity contribution is 0.210. The van der Waals surface area contributed by atoms with E-state index in [0.29, 0.717) is 17.9 Å². The summed E-state index contributed by atoms with van der Waals surface area (Å²) in [6.45, 7) is 3.52. The zero-order valence-electron chi connectivity index (χ0n) is 19.6. The molecular weight excluding hydrogens is 428 g/mol. The lowest BCUT2D eigenvalue weighted by Gasteiger charge is -2.30. The Hall–Kier alpha value is -3.52. The van der Waals surface area contributed by atoms with Crippen molar-refractivity contribution in [3.05, 3.63) is 81.9 Å². The molecule has 5 rings (SSSR count). The van der Waals surface area contributed by atoms with Crippen LogP contribution in [0, 0.1) is 0 Å². The van der Waals surface area contributed by atoms with Gasteiger partial charge in [0.05, 0.1) is 18.7 Å². The van der Waals surface area contributed by atoms with Crippen LogP contribution < -0.4 is 10.3 Å². The fourth-order valence-electron chi connectivity index (χ4n) is 5.02. The first kappa shape index (κ1) is 22.3. The van der Waals surface area contributed by atoms with E-state index < -0.39 is 0 Å². The molecule has 34 heavy (non-hydrogen) atoms. The fourth-order valence-corrected chi connectivity index (χ4v) is 5.02. The van der Waals surface area contributed by atoms with Gasteiger partial charge in [0.2, 0.25) is 0 Å². The van der Waals surface area contributed by atoms with Crippen LogP contribution in [0.5, 0.6) is 5.75 Å². The molecule has 4 aromatic rings. The number of hydrogen-bond acceptors (Lipinski definition) is 6. The molecule has 0 radical (unpaired) electrons. The molecule has 2 aromatic carbocycles. The lowest BCUT2D eigenvalue weighted by Crippen LogP contribution is -2.35. The Labute approximate surface area is 198 Å². The van der Waals surface area contributed by atoms with Crippen molar-refractivity contribution < 1.29 is 4.74 Å². The molecule has 1 fully saturated rings. The second-order valence-corrected chi connectivity index (χ2v) is 8.88. The Bertz CT molecular complexity index is 1310. The quantitative estimate of drug-likeness (QED) is 0.425. The van der Waals surface area contributed by atoms with E-state index >= 15 is 0 Å². The molecule has 176 valence electrons. The molecule has 2 aromatic heterocycles. The Morgan fingerprint density at radius 2 is 1.94 bits per heavy atom. The van der Waals surface area contributed by atoms with E-state index in [1.54, 1.807) is 7.11 Å². The van der Waals surface area contributed by atoms with E-state index in [2.05, 4.69) is 44.5 Å². The minimum absolute atomic E-state index is 0.141. The van der Waals surface area contributed by atoms with Gasteiger partial charge in [0.15, 0.2) is 5.82 Å². The predicted molar refractivity (Wildman–Crippen MR) is 131 cm³/mol. The largest absolute Gasteiger partial charge is 0.497 e. The van der Waals surface area contributed by atoms with Gasteiger partial charge in [0, 0.05) is 18.2 Å². The van der Waals surface area contributed by atoms with E-state index in [4.69, 9.17) is 4.74 Å². The summed E-state index contributed by atoms with van der Waals surface area (Å²) in [5.41, 5.74) is 2.42. The third-order valence-electron chi connectivity index (χ3n) is 6.81. The third kappa shape index (κ3) is 4.33. The SMILES string of the molecule is CCN(Cc1ccccc1)[C@@H](c1cc2ccc(OC)cc2[nH]c1=O)c1nnnn1C1CCCC1.